The van der Waals surface area contributed by atoms with Gasteiger partial charge < -0.3 is 24.3 Å². The second-order valence-corrected chi connectivity index (χ2v) is 6.35. The number of ether oxygens (including phenoxy) is 4. The third-order valence-corrected chi connectivity index (χ3v) is 4.32. The van der Waals surface area contributed by atoms with Crippen LogP contribution >= 0.6 is 0 Å². The van der Waals surface area contributed by atoms with Crippen molar-refractivity contribution < 1.29 is 32.9 Å². The fourth-order valence-corrected chi connectivity index (χ4v) is 2.83. The summed E-state index contributed by atoms with van der Waals surface area (Å²) in [5.74, 6) is -1.12. The van der Waals surface area contributed by atoms with Gasteiger partial charge in [0.1, 0.15) is 13.2 Å². The summed E-state index contributed by atoms with van der Waals surface area (Å²) in [6.07, 6.45) is 0.0539. The Morgan fingerprint density at radius 1 is 1.17 bits per heavy atom. The molecule has 0 aliphatic carbocycles. The molecule has 154 valence electrons. The Labute approximate surface area is 167 Å². The van der Waals surface area contributed by atoms with E-state index in [0.717, 1.165) is 11.3 Å². The maximum absolute atomic E-state index is 13.8. The molecule has 0 amide bonds. The Morgan fingerprint density at radius 2 is 2.03 bits per heavy atom. The van der Waals surface area contributed by atoms with Crippen molar-refractivity contribution in [3.8, 4) is 5.75 Å². The topological polar surface area (TPSA) is 83.1 Å². The second-order valence-electron chi connectivity index (χ2n) is 6.35. The van der Waals surface area contributed by atoms with E-state index in [-0.39, 0.29) is 31.4 Å². The summed E-state index contributed by atoms with van der Waals surface area (Å²) in [7, 11) is 1.30. The molecular weight excluding hydrogens is 381 g/mol. The van der Waals surface area contributed by atoms with E-state index >= 15 is 0 Å². The van der Waals surface area contributed by atoms with Gasteiger partial charge in [0, 0.05) is 17.8 Å². The van der Waals surface area contributed by atoms with Gasteiger partial charge in [0.25, 0.3) is 0 Å². The maximum atomic E-state index is 13.8. The van der Waals surface area contributed by atoms with E-state index in [2.05, 4.69) is 10.1 Å². The smallest absolute Gasteiger partial charge is 0.338 e. The van der Waals surface area contributed by atoms with Gasteiger partial charge in [-0.2, -0.15) is 0 Å². The van der Waals surface area contributed by atoms with Gasteiger partial charge in [-0.1, -0.05) is 6.07 Å². The molecular formula is C21H22FNO6. The number of rotatable bonds is 10. The van der Waals surface area contributed by atoms with E-state index in [1.807, 2.05) is 12.1 Å². The number of carbonyl (C=O) groups is 2. The molecule has 0 radical (unpaired) electrons. The number of cyclic esters (lactones) is 1. The van der Waals surface area contributed by atoms with Crippen molar-refractivity contribution in [2.75, 3.05) is 38.8 Å². The van der Waals surface area contributed by atoms with E-state index in [4.69, 9.17) is 14.2 Å². The minimum absolute atomic E-state index is 0.0539. The fourth-order valence-electron chi connectivity index (χ4n) is 2.83. The molecule has 29 heavy (non-hydrogen) atoms. The van der Waals surface area contributed by atoms with Crippen LogP contribution in [-0.2, 0) is 32.0 Å². The molecule has 0 atom stereocenters. The molecule has 0 spiro atoms. The van der Waals surface area contributed by atoms with Crippen molar-refractivity contribution in [3.05, 3.63) is 58.9 Å². The summed E-state index contributed by atoms with van der Waals surface area (Å²) in [5.41, 5.74) is 2.96. The minimum atomic E-state index is -0.501. The number of hydrogen-bond donors (Lipinski definition) is 1. The lowest BCUT2D eigenvalue weighted by molar-refractivity contribution is -0.139. The number of esters is 2. The van der Waals surface area contributed by atoms with Crippen molar-refractivity contribution in [3.63, 3.8) is 0 Å². The lowest BCUT2D eigenvalue weighted by Gasteiger charge is -2.10. The van der Waals surface area contributed by atoms with Crippen molar-refractivity contribution in [1.82, 2.24) is 0 Å². The van der Waals surface area contributed by atoms with Gasteiger partial charge >= 0.3 is 11.9 Å². The molecule has 0 aromatic heterocycles. The zero-order chi connectivity index (χ0) is 20.6. The highest BCUT2D eigenvalue weighted by molar-refractivity contribution is 5.93. The van der Waals surface area contributed by atoms with Gasteiger partial charge in [0.05, 0.1) is 32.3 Å². The highest BCUT2D eigenvalue weighted by Crippen LogP contribution is 2.23. The van der Waals surface area contributed by atoms with Crippen LogP contribution in [0, 0.1) is 5.82 Å². The lowest BCUT2D eigenvalue weighted by Crippen LogP contribution is -2.14. The van der Waals surface area contributed by atoms with Crippen LogP contribution < -0.4 is 10.1 Å². The molecule has 2 aromatic carbocycles. The number of anilines is 1. The Kier molecular flexibility index (Phi) is 7.02. The van der Waals surface area contributed by atoms with Crippen LogP contribution in [0.5, 0.6) is 5.75 Å². The first-order valence-electron chi connectivity index (χ1n) is 9.16. The summed E-state index contributed by atoms with van der Waals surface area (Å²) in [6, 6.07) is 9.70. The largest absolute Gasteiger partial charge is 0.488 e. The molecule has 1 N–H and O–H groups in total. The van der Waals surface area contributed by atoms with Gasteiger partial charge in [0.2, 0.25) is 0 Å². The standard InChI is InChI=1S/C21H22FNO6/c1-26-20(24)11-14-2-5-18(22)19(10-14)28-9-8-27-7-6-23-16-3-4-17-15(12-16)13-29-21(17)25/h2-5,10,12,23H,6-9,11,13H2,1H3. The Bertz CT molecular complexity index is 885. The average Bonchev–Trinajstić information content (AvgIpc) is 3.09. The monoisotopic (exact) mass is 403 g/mol. The van der Waals surface area contributed by atoms with E-state index in [1.54, 1.807) is 6.07 Å². The molecule has 0 fully saturated rings. The third-order valence-electron chi connectivity index (χ3n) is 4.32. The number of fused-ring (bicyclic) bond motifs is 1. The molecule has 1 aliphatic heterocycles. The molecule has 8 heteroatoms. The molecule has 7 nitrogen and oxygen atoms in total. The van der Waals surface area contributed by atoms with E-state index < -0.39 is 11.8 Å². The molecule has 1 heterocycles. The molecule has 2 aromatic rings. The molecule has 0 bridgehead atoms. The van der Waals surface area contributed by atoms with Gasteiger partial charge in [-0.05, 0) is 35.9 Å². The number of methoxy groups -OCH3 is 1. The molecule has 0 saturated heterocycles. The van der Waals surface area contributed by atoms with Crippen LogP contribution in [0.2, 0.25) is 0 Å². The number of nitrogens with one attached hydrogen (secondary N) is 1. The SMILES string of the molecule is COC(=O)Cc1ccc(F)c(OCCOCCNc2ccc3c(c2)COC3=O)c1. The van der Waals surface area contributed by atoms with Gasteiger partial charge in [-0.25, -0.2) is 9.18 Å². The van der Waals surface area contributed by atoms with Gasteiger partial charge in [0.15, 0.2) is 11.6 Å². The van der Waals surface area contributed by atoms with Crippen LogP contribution in [0.25, 0.3) is 0 Å². The second kappa shape index (κ2) is 9.88. The first-order chi connectivity index (χ1) is 14.1. The van der Waals surface area contributed by atoms with Crippen LogP contribution in [0.15, 0.2) is 36.4 Å². The molecule has 3 rings (SSSR count). The highest BCUT2D eigenvalue weighted by atomic mass is 19.1. The molecule has 0 unspecified atom stereocenters. The maximum Gasteiger partial charge on any atom is 0.338 e. The van der Waals surface area contributed by atoms with Crippen molar-refractivity contribution in [2.24, 2.45) is 0 Å². The van der Waals surface area contributed by atoms with Crippen molar-refractivity contribution in [2.45, 2.75) is 13.0 Å². The predicted octanol–water partition coefficient (Wildman–Crippen LogP) is 2.72. The highest BCUT2D eigenvalue weighted by Gasteiger charge is 2.20. The predicted molar refractivity (Wildman–Crippen MR) is 102 cm³/mol. The zero-order valence-electron chi connectivity index (χ0n) is 16.0. The van der Waals surface area contributed by atoms with E-state index in [0.29, 0.717) is 30.9 Å². The number of carbonyl (C=O) groups excluding carboxylic acids is 2. The van der Waals surface area contributed by atoms with Crippen molar-refractivity contribution in [1.29, 1.82) is 0 Å². The summed E-state index contributed by atoms with van der Waals surface area (Å²) in [6.45, 7) is 1.76. The van der Waals surface area contributed by atoms with E-state index in [9.17, 15) is 14.0 Å². The first-order valence-corrected chi connectivity index (χ1v) is 9.16. The number of hydrogen-bond acceptors (Lipinski definition) is 7. The zero-order valence-corrected chi connectivity index (χ0v) is 16.0. The van der Waals surface area contributed by atoms with Crippen LogP contribution in [0.3, 0.4) is 0 Å². The average molecular weight is 403 g/mol. The molecule has 1 aliphatic rings. The van der Waals surface area contributed by atoms with Crippen LogP contribution in [0.1, 0.15) is 21.5 Å². The van der Waals surface area contributed by atoms with Crippen molar-refractivity contribution >= 4 is 17.6 Å². The van der Waals surface area contributed by atoms with E-state index in [1.165, 1.54) is 25.3 Å². The summed E-state index contributed by atoms with van der Waals surface area (Å²) < 4.78 is 34.2. The summed E-state index contributed by atoms with van der Waals surface area (Å²) >= 11 is 0. The third kappa shape index (κ3) is 5.68. The number of halogens is 1. The first kappa shape index (κ1) is 20.6. The van der Waals surface area contributed by atoms with Crippen LogP contribution in [0.4, 0.5) is 10.1 Å². The quantitative estimate of drug-likeness (QED) is 0.482. The Balaban J connectivity index is 1.35. The van der Waals surface area contributed by atoms with Gasteiger partial charge in [-0.15, -0.1) is 0 Å². The Morgan fingerprint density at radius 3 is 2.86 bits per heavy atom. The lowest BCUT2D eigenvalue weighted by atomic mass is 10.1. The van der Waals surface area contributed by atoms with Gasteiger partial charge in [-0.3, -0.25) is 4.79 Å². The summed E-state index contributed by atoms with van der Waals surface area (Å²) in [4.78, 5) is 22.7. The fraction of sp³-hybridized carbons (Fsp3) is 0.333. The number of benzene rings is 2. The normalized spacial score (nSPS) is 12.3. The molecule has 0 saturated carbocycles. The minimum Gasteiger partial charge on any atom is -0.488 e. The Hall–Kier alpha value is -3.13. The summed E-state index contributed by atoms with van der Waals surface area (Å²) in [5, 5.41) is 3.20. The van der Waals surface area contributed by atoms with Crippen LogP contribution in [-0.4, -0.2) is 45.4 Å².